The summed E-state index contributed by atoms with van der Waals surface area (Å²) in [5, 5.41) is 8.71. The lowest BCUT2D eigenvalue weighted by atomic mass is 10.1. The second kappa shape index (κ2) is 9.77. The fraction of sp³-hybridized carbons (Fsp3) is 0.304. The van der Waals surface area contributed by atoms with Crippen LogP contribution in [0.1, 0.15) is 16.7 Å². The Bertz CT molecular complexity index is 1040. The molecule has 1 saturated heterocycles. The molecule has 0 spiro atoms. The van der Waals surface area contributed by atoms with Crippen LogP contribution in [0.2, 0.25) is 5.02 Å². The van der Waals surface area contributed by atoms with Crippen molar-refractivity contribution in [3.8, 4) is 0 Å². The van der Waals surface area contributed by atoms with Gasteiger partial charge in [0.2, 0.25) is 0 Å². The van der Waals surface area contributed by atoms with Crippen LogP contribution in [0.25, 0.3) is 0 Å². The molecule has 2 heterocycles. The summed E-state index contributed by atoms with van der Waals surface area (Å²) in [6, 6.07) is 15.0. The van der Waals surface area contributed by atoms with Crippen LogP contribution in [0.4, 0.5) is 10.2 Å². The normalized spacial score (nSPS) is 14.6. The minimum atomic E-state index is -0.336. The minimum absolute atomic E-state index is 0.261. The van der Waals surface area contributed by atoms with Gasteiger partial charge in [-0.15, -0.1) is 0 Å². The van der Waals surface area contributed by atoms with E-state index in [1.165, 1.54) is 17.2 Å². The van der Waals surface area contributed by atoms with E-state index < -0.39 is 0 Å². The molecule has 1 fully saturated rings. The maximum atomic E-state index is 14.0. The fourth-order valence-corrected chi connectivity index (χ4v) is 4.20. The SMILES string of the molecule is Cc1ccccc1CN1CCN(C(=S)Nc2ccn(Cc3c(F)cccc3Cl)n2)CC1. The van der Waals surface area contributed by atoms with Gasteiger partial charge in [0.25, 0.3) is 0 Å². The number of anilines is 1. The number of thiocarbonyl (C=S) groups is 1. The molecular weight excluding hydrogens is 433 g/mol. The van der Waals surface area contributed by atoms with E-state index in [0.717, 1.165) is 32.7 Å². The quantitative estimate of drug-likeness (QED) is 0.569. The van der Waals surface area contributed by atoms with E-state index in [-0.39, 0.29) is 12.4 Å². The lowest BCUT2D eigenvalue weighted by Gasteiger charge is -2.36. The van der Waals surface area contributed by atoms with E-state index in [9.17, 15) is 4.39 Å². The van der Waals surface area contributed by atoms with Crippen molar-refractivity contribution in [1.29, 1.82) is 0 Å². The summed E-state index contributed by atoms with van der Waals surface area (Å²) in [5.41, 5.74) is 3.12. The standard InChI is InChI=1S/C23H25ClFN5S/c1-17-5-2-3-6-18(17)15-28-11-13-29(14-12-28)23(31)26-22-9-10-30(27-22)16-19-20(24)7-4-8-21(19)25/h2-10H,11-16H2,1H3,(H,26,27,31). The van der Waals surface area contributed by atoms with Gasteiger partial charge in [-0.1, -0.05) is 41.9 Å². The highest BCUT2D eigenvalue weighted by Gasteiger charge is 2.20. The number of rotatable bonds is 5. The van der Waals surface area contributed by atoms with Gasteiger partial charge in [0, 0.05) is 55.6 Å². The van der Waals surface area contributed by atoms with E-state index >= 15 is 0 Å². The molecule has 0 unspecified atom stereocenters. The molecule has 0 atom stereocenters. The van der Waals surface area contributed by atoms with E-state index in [1.54, 1.807) is 23.0 Å². The molecule has 8 heteroatoms. The molecular formula is C23H25ClFN5S. The van der Waals surface area contributed by atoms with Crippen molar-refractivity contribution in [1.82, 2.24) is 19.6 Å². The topological polar surface area (TPSA) is 36.3 Å². The maximum Gasteiger partial charge on any atom is 0.174 e. The maximum absolute atomic E-state index is 14.0. The van der Waals surface area contributed by atoms with Crippen LogP contribution >= 0.6 is 23.8 Å². The molecule has 0 amide bonds. The Kier molecular flexibility index (Phi) is 6.85. The van der Waals surface area contributed by atoms with Gasteiger partial charge >= 0.3 is 0 Å². The highest BCUT2D eigenvalue weighted by molar-refractivity contribution is 7.80. The van der Waals surface area contributed by atoms with Gasteiger partial charge < -0.3 is 10.2 Å². The van der Waals surface area contributed by atoms with Gasteiger partial charge in [0.1, 0.15) is 5.82 Å². The first-order valence-electron chi connectivity index (χ1n) is 10.3. The Morgan fingerprint density at radius 2 is 1.84 bits per heavy atom. The van der Waals surface area contributed by atoms with Crippen molar-refractivity contribution < 1.29 is 4.39 Å². The molecule has 0 bridgehead atoms. The van der Waals surface area contributed by atoms with Crippen LogP contribution in [0.3, 0.4) is 0 Å². The number of nitrogens with one attached hydrogen (secondary N) is 1. The zero-order chi connectivity index (χ0) is 21.8. The molecule has 3 aromatic rings. The molecule has 1 aromatic heterocycles. The Morgan fingerprint density at radius 1 is 1.06 bits per heavy atom. The number of nitrogens with zero attached hydrogens (tertiary/aromatic N) is 4. The first-order chi connectivity index (χ1) is 15.0. The van der Waals surface area contributed by atoms with Crippen LogP contribution in [-0.4, -0.2) is 50.9 Å². The van der Waals surface area contributed by atoms with Crippen molar-refractivity contribution in [2.24, 2.45) is 0 Å². The summed E-state index contributed by atoms with van der Waals surface area (Å²) >= 11 is 11.7. The first-order valence-corrected chi connectivity index (χ1v) is 11.1. The monoisotopic (exact) mass is 457 g/mol. The lowest BCUT2D eigenvalue weighted by Crippen LogP contribution is -2.49. The number of aromatic nitrogens is 2. The van der Waals surface area contributed by atoms with Crippen LogP contribution < -0.4 is 5.32 Å². The van der Waals surface area contributed by atoms with Crippen molar-refractivity contribution in [3.05, 3.63) is 82.3 Å². The number of benzene rings is 2. The molecule has 5 nitrogen and oxygen atoms in total. The molecule has 0 aliphatic carbocycles. The Labute approximate surface area is 192 Å². The predicted octanol–water partition coefficient (Wildman–Crippen LogP) is 4.55. The van der Waals surface area contributed by atoms with Crippen LogP contribution in [0, 0.1) is 12.7 Å². The second-order valence-electron chi connectivity index (χ2n) is 7.72. The Balaban J connectivity index is 1.29. The summed E-state index contributed by atoms with van der Waals surface area (Å²) in [5.74, 6) is 0.302. The molecule has 2 aromatic carbocycles. The smallest absolute Gasteiger partial charge is 0.174 e. The number of aryl methyl sites for hydroxylation is 1. The largest absolute Gasteiger partial charge is 0.346 e. The van der Waals surface area contributed by atoms with Crippen molar-refractivity contribution in [3.63, 3.8) is 0 Å². The molecule has 1 aliphatic rings. The Morgan fingerprint density at radius 3 is 2.58 bits per heavy atom. The minimum Gasteiger partial charge on any atom is -0.346 e. The predicted molar refractivity (Wildman–Crippen MR) is 127 cm³/mol. The van der Waals surface area contributed by atoms with Crippen LogP contribution in [-0.2, 0) is 13.1 Å². The Hall–Kier alpha value is -2.48. The average molecular weight is 458 g/mol. The van der Waals surface area contributed by atoms with Gasteiger partial charge in [0.15, 0.2) is 10.9 Å². The number of piperazine rings is 1. The molecule has 1 N–H and O–H groups in total. The third-order valence-corrected chi connectivity index (χ3v) is 6.29. The molecule has 0 saturated carbocycles. The zero-order valence-electron chi connectivity index (χ0n) is 17.4. The van der Waals surface area contributed by atoms with E-state index in [2.05, 4.69) is 51.4 Å². The molecule has 4 rings (SSSR count). The molecule has 31 heavy (non-hydrogen) atoms. The summed E-state index contributed by atoms with van der Waals surface area (Å²) < 4.78 is 15.7. The third kappa shape index (κ3) is 5.42. The fourth-order valence-electron chi connectivity index (χ4n) is 3.69. The molecule has 1 aliphatic heterocycles. The van der Waals surface area contributed by atoms with Crippen LogP contribution in [0.15, 0.2) is 54.7 Å². The number of hydrogen-bond acceptors (Lipinski definition) is 3. The van der Waals surface area contributed by atoms with E-state index in [1.807, 2.05) is 6.07 Å². The highest BCUT2D eigenvalue weighted by atomic mass is 35.5. The first kappa shape index (κ1) is 21.7. The summed E-state index contributed by atoms with van der Waals surface area (Å²) in [6.07, 6.45) is 1.79. The molecule has 0 radical (unpaired) electrons. The van der Waals surface area contributed by atoms with Gasteiger partial charge in [0.05, 0.1) is 6.54 Å². The number of hydrogen-bond donors (Lipinski definition) is 1. The third-order valence-electron chi connectivity index (χ3n) is 5.57. The second-order valence-corrected chi connectivity index (χ2v) is 8.51. The summed E-state index contributed by atoms with van der Waals surface area (Å²) in [4.78, 5) is 4.62. The van der Waals surface area contributed by atoms with Crippen molar-refractivity contribution in [2.75, 3.05) is 31.5 Å². The van der Waals surface area contributed by atoms with Crippen LogP contribution in [0.5, 0.6) is 0 Å². The van der Waals surface area contributed by atoms with Gasteiger partial charge in [-0.3, -0.25) is 9.58 Å². The highest BCUT2D eigenvalue weighted by Crippen LogP contribution is 2.20. The molecule has 162 valence electrons. The van der Waals surface area contributed by atoms with E-state index in [0.29, 0.717) is 21.5 Å². The van der Waals surface area contributed by atoms with Gasteiger partial charge in [-0.25, -0.2) is 4.39 Å². The summed E-state index contributed by atoms with van der Waals surface area (Å²) in [7, 11) is 0. The average Bonchev–Trinajstić information content (AvgIpc) is 3.20. The van der Waals surface area contributed by atoms with Crippen molar-refractivity contribution in [2.45, 2.75) is 20.0 Å². The zero-order valence-corrected chi connectivity index (χ0v) is 19.0. The number of halogens is 2. The van der Waals surface area contributed by atoms with Gasteiger partial charge in [-0.2, -0.15) is 5.10 Å². The van der Waals surface area contributed by atoms with Crippen molar-refractivity contribution >= 4 is 34.7 Å². The summed E-state index contributed by atoms with van der Waals surface area (Å²) in [6.45, 7) is 7.02. The van der Waals surface area contributed by atoms with E-state index in [4.69, 9.17) is 23.8 Å². The lowest BCUT2D eigenvalue weighted by molar-refractivity contribution is 0.176. The van der Waals surface area contributed by atoms with Gasteiger partial charge in [-0.05, 0) is 42.4 Å².